The molecule has 2 aliphatic heterocycles. The highest BCUT2D eigenvalue weighted by Gasteiger charge is 2.34. The van der Waals surface area contributed by atoms with Crippen LogP contribution in [0.5, 0.6) is 0 Å². The molecule has 20 heavy (non-hydrogen) atoms. The molecule has 0 aromatic carbocycles. The Hall–Kier alpha value is -0.210. The minimum atomic E-state index is -3.11. The van der Waals surface area contributed by atoms with Crippen molar-refractivity contribution in [1.29, 1.82) is 0 Å². The number of nitrogens with two attached hydrogens (primary N) is 1. The summed E-state index contributed by atoms with van der Waals surface area (Å²) in [6.45, 7) is 3.81. The second-order valence-electron chi connectivity index (χ2n) is 5.84. The lowest BCUT2D eigenvalue weighted by molar-refractivity contribution is 0.159. The van der Waals surface area contributed by atoms with Gasteiger partial charge < -0.3 is 10.5 Å². The van der Waals surface area contributed by atoms with Gasteiger partial charge >= 0.3 is 0 Å². The van der Waals surface area contributed by atoms with E-state index in [0.717, 1.165) is 32.4 Å². The van der Waals surface area contributed by atoms with Crippen LogP contribution in [0.15, 0.2) is 0 Å². The third-order valence-electron chi connectivity index (χ3n) is 4.36. The van der Waals surface area contributed by atoms with Gasteiger partial charge in [0.05, 0.1) is 5.75 Å². The Balaban J connectivity index is 1.82. The van der Waals surface area contributed by atoms with Crippen LogP contribution in [-0.4, -0.2) is 75.4 Å². The Morgan fingerprint density at radius 3 is 2.55 bits per heavy atom. The number of sulfonamides is 1. The summed E-state index contributed by atoms with van der Waals surface area (Å²) in [5.41, 5.74) is 5.92. The van der Waals surface area contributed by atoms with Gasteiger partial charge in [-0.15, -0.1) is 0 Å². The molecule has 0 spiro atoms. The van der Waals surface area contributed by atoms with Crippen LogP contribution < -0.4 is 5.73 Å². The Kier molecular flexibility index (Phi) is 5.80. The first kappa shape index (κ1) is 16.2. The second kappa shape index (κ2) is 7.17. The molecule has 0 saturated carbocycles. The molecular formula is C13H27N3O3S. The van der Waals surface area contributed by atoms with E-state index >= 15 is 0 Å². The van der Waals surface area contributed by atoms with Crippen molar-refractivity contribution in [3.63, 3.8) is 0 Å². The number of piperidine rings is 1. The summed E-state index contributed by atoms with van der Waals surface area (Å²) < 4.78 is 31.0. The van der Waals surface area contributed by atoms with E-state index in [2.05, 4.69) is 4.90 Å². The standard InChI is InChI=1S/C13H27N3O3S/c1-19-9-2-10-20(17,18)16-8-5-13(11-16)15-6-3-12(14)4-7-15/h12-13H,2-11,14H2,1H3. The molecule has 2 rings (SSSR count). The number of methoxy groups -OCH3 is 1. The first-order valence-electron chi connectivity index (χ1n) is 7.49. The number of ether oxygens (including phenoxy) is 1. The molecule has 0 radical (unpaired) electrons. The van der Waals surface area contributed by atoms with Crippen LogP contribution in [0, 0.1) is 0 Å². The lowest BCUT2D eigenvalue weighted by atomic mass is 10.0. The highest BCUT2D eigenvalue weighted by Crippen LogP contribution is 2.22. The molecule has 6 nitrogen and oxygen atoms in total. The monoisotopic (exact) mass is 305 g/mol. The molecule has 2 fully saturated rings. The van der Waals surface area contributed by atoms with Gasteiger partial charge in [0.1, 0.15) is 0 Å². The van der Waals surface area contributed by atoms with Crippen molar-refractivity contribution < 1.29 is 13.2 Å². The lowest BCUT2D eigenvalue weighted by Gasteiger charge is -2.34. The molecule has 1 atom stereocenters. The molecule has 1 unspecified atom stereocenters. The molecule has 2 saturated heterocycles. The normalized spacial score (nSPS) is 27.2. The predicted octanol–water partition coefficient (Wildman–Crippen LogP) is -0.150. The van der Waals surface area contributed by atoms with Crippen LogP contribution in [0.2, 0.25) is 0 Å². The zero-order chi connectivity index (χ0) is 14.6. The average Bonchev–Trinajstić information content (AvgIpc) is 2.90. The molecule has 7 heteroatoms. The van der Waals surface area contributed by atoms with Gasteiger partial charge in [-0.3, -0.25) is 4.90 Å². The number of hydrogen-bond donors (Lipinski definition) is 1. The Labute approximate surface area is 122 Å². The SMILES string of the molecule is COCCCS(=O)(=O)N1CCC(N2CCC(N)CC2)C1. The maximum atomic E-state index is 12.2. The number of nitrogens with zero attached hydrogens (tertiary/aromatic N) is 2. The smallest absolute Gasteiger partial charge is 0.214 e. The van der Waals surface area contributed by atoms with Crippen LogP contribution in [0.4, 0.5) is 0 Å². The molecule has 0 aromatic rings. The largest absolute Gasteiger partial charge is 0.385 e. The highest BCUT2D eigenvalue weighted by molar-refractivity contribution is 7.89. The zero-order valence-electron chi connectivity index (χ0n) is 12.3. The number of hydrogen-bond acceptors (Lipinski definition) is 5. The van der Waals surface area contributed by atoms with Crippen LogP contribution in [-0.2, 0) is 14.8 Å². The van der Waals surface area contributed by atoms with Crippen molar-refractivity contribution in [2.45, 2.75) is 37.8 Å². The predicted molar refractivity (Wildman–Crippen MR) is 79.0 cm³/mol. The van der Waals surface area contributed by atoms with Gasteiger partial charge in [-0.25, -0.2) is 12.7 Å². The number of likely N-dealkylation sites (tertiary alicyclic amines) is 1. The fourth-order valence-corrected chi connectivity index (χ4v) is 4.58. The van der Waals surface area contributed by atoms with Crippen LogP contribution in [0.25, 0.3) is 0 Å². The van der Waals surface area contributed by atoms with Gasteiger partial charge in [0.2, 0.25) is 10.0 Å². The summed E-state index contributed by atoms with van der Waals surface area (Å²) in [5.74, 6) is 0.193. The topological polar surface area (TPSA) is 75.9 Å². The van der Waals surface area contributed by atoms with E-state index in [1.807, 2.05) is 0 Å². The summed E-state index contributed by atoms with van der Waals surface area (Å²) in [6, 6.07) is 0.696. The van der Waals surface area contributed by atoms with Crippen molar-refractivity contribution in [2.24, 2.45) is 5.73 Å². The average molecular weight is 305 g/mol. The molecule has 0 aromatic heterocycles. The highest BCUT2D eigenvalue weighted by atomic mass is 32.2. The maximum Gasteiger partial charge on any atom is 0.214 e. The third kappa shape index (κ3) is 4.14. The fourth-order valence-electron chi connectivity index (χ4n) is 3.06. The summed E-state index contributed by atoms with van der Waals surface area (Å²) >= 11 is 0. The van der Waals surface area contributed by atoms with Gasteiger partial charge in [0, 0.05) is 38.9 Å². The summed E-state index contributed by atoms with van der Waals surface area (Å²) in [6.07, 6.45) is 3.56. The van der Waals surface area contributed by atoms with E-state index in [-0.39, 0.29) is 5.75 Å². The van der Waals surface area contributed by atoms with Crippen LogP contribution >= 0.6 is 0 Å². The Morgan fingerprint density at radius 1 is 1.20 bits per heavy atom. The van der Waals surface area contributed by atoms with Gasteiger partial charge in [0.15, 0.2) is 0 Å². The number of rotatable bonds is 6. The quantitative estimate of drug-likeness (QED) is 0.691. The van der Waals surface area contributed by atoms with Crippen molar-refractivity contribution in [3.05, 3.63) is 0 Å². The first-order valence-corrected chi connectivity index (χ1v) is 9.10. The van der Waals surface area contributed by atoms with Crippen molar-refractivity contribution in [1.82, 2.24) is 9.21 Å². The van der Waals surface area contributed by atoms with Crippen molar-refractivity contribution >= 4 is 10.0 Å². The minimum absolute atomic E-state index is 0.193. The van der Waals surface area contributed by atoms with Crippen molar-refractivity contribution in [3.8, 4) is 0 Å². The molecule has 2 N–H and O–H groups in total. The maximum absolute atomic E-state index is 12.2. The molecule has 118 valence electrons. The molecule has 2 aliphatic rings. The third-order valence-corrected chi connectivity index (χ3v) is 6.28. The second-order valence-corrected chi connectivity index (χ2v) is 7.92. The zero-order valence-corrected chi connectivity index (χ0v) is 13.1. The van der Waals surface area contributed by atoms with Crippen LogP contribution in [0.1, 0.15) is 25.7 Å². The molecule has 0 bridgehead atoms. The molecular weight excluding hydrogens is 278 g/mol. The van der Waals surface area contributed by atoms with Gasteiger partial charge in [-0.05, 0) is 38.8 Å². The summed E-state index contributed by atoms with van der Waals surface area (Å²) in [7, 11) is -1.52. The van der Waals surface area contributed by atoms with Crippen LogP contribution in [0.3, 0.4) is 0 Å². The van der Waals surface area contributed by atoms with E-state index in [1.54, 1.807) is 11.4 Å². The van der Waals surface area contributed by atoms with E-state index in [9.17, 15) is 8.42 Å². The lowest BCUT2D eigenvalue weighted by Crippen LogP contribution is -2.46. The van der Waals surface area contributed by atoms with E-state index in [0.29, 0.717) is 38.2 Å². The van der Waals surface area contributed by atoms with E-state index in [1.165, 1.54) is 0 Å². The van der Waals surface area contributed by atoms with E-state index in [4.69, 9.17) is 10.5 Å². The fraction of sp³-hybridized carbons (Fsp3) is 1.00. The first-order chi connectivity index (χ1) is 9.53. The summed E-state index contributed by atoms with van der Waals surface area (Å²) in [4.78, 5) is 2.41. The van der Waals surface area contributed by atoms with Crippen molar-refractivity contribution in [2.75, 3.05) is 45.6 Å². The van der Waals surface area contributed by atoms with Gasteiger partial charge in [0.25, 0.3) is 0 Å². The Morgan fingerprint density at radius 2 is 1.90 bits per heavy atom. The van der Waals surface area contributed by atoms with Gasteiger partial charge in [-0.1, -0.05) is 0 Å². The Bertz CT molecular complexity index is 394. The molecule has 0 amide bonds. The summed E-state index contributed by atoms with van der Waals surface area (Å²) in [5, 5.41) is 0. The minimum Gasteiger partial charge on any atom is -0.385 e. The van der Waals surface area contributed by atoms with E-state index < -0.39 is 10.0 Å². The molecule has 2 heterocycles. The van der Waals surface area contributed by atoms with Gasteiger partial charge in [-0.2, -0.15) is 0 Å². The molecule has 0 aliphatic carbocycles.